The summed E-state index contributed by atoms with van der Waals surface area (Å²) in [6.07, 6.45) is 3.12. The number of rotatable bonds is 3. The number of hydrogen-bond acceptors (Lipinski definition) is 5. The molecule has 3 rings (SSSR count). The van der Waals surface area contributed by atoms with Crippen LogP contribution in [-0.4, -0.2) is 92.6 Å². The lowest BCUT2D eigenvalue weighted by atomic mass is 10.1. The molecule has 0 saturated carbocycles. The minimum atomic E-state index is -3.20. The SMILES string of the molecule is CS(=O)(=O)N1CCN(C(=O)C2CC(=O)N(C3CCOCC3)C2)CC1. The third kappa shape index (κ3) is 3.73. The fourth-order valence-electron chi connectivity index (χ4n) is 3.75. The smallest absolute Gasteiger partial charge is 0.228 e. The van der Waals surface area contributed by atoms with E-state index in [1.54, 1.807) is 4.90 Å². The molecule has 3 aliphatic rings. The fourth-order valence-corrected chi connectivity index (χ4v) is 4.57. The van der Waals surface area contributed by atoms with Crippen LogP contribution in [0, 0.1) is 5.92 Å². The molecule has 3 heterocycles. The highest BCUT2D eigenvalue weighted by molar-refractivity contribution is 7.88. The number of hydrogen-bond donors (Lipinski definition) is 0. The molecule has 0 spiro atoms. The highest BCUT2D eigenvalue weighted by Crippen LogP contribution is 2.26. The van der Waals surface area contributed by atoms with Crippen LogP contribution in [0.4, 0.5) is 0 Å². The summed E-state index contributed by atoms with van der Waals surface area (Å²) in [5.74, 6) is -0.272. The molecule has 0 N–H and O–H groups in total. The molecule has 3 saturated heterocycles. The Morgan fingerprint density at radius 1 is 1.12 bits per heavy atom. The summed E-state index contributed by atoms with van der Waals surface area (Å²) in [6, 6.07) is 0.186. The molecule has 0 aromatic rings. The number of nitrogens with zero attached hydrogens (tertiary/aromatic N) is 3. The Morgan fingerprint density at radius 2 is 1.75 bits per heavy atom. The lowest BCUT2D eigenvalue weighted by Gasteiger charge is -2.35. The van der Waals surface area contributed by atoms with E-state index in [0.29, 0.717) is 45.9 Å². The molecule has 0 aromatic heterocycles. The van der Waals surface area contributed by atoms with Gasteiger partial charge in [-0.25, -0.2) is 8.42 Å². The molecule has 136 valence electrons. The first-order valence-corrected chi connectivity index (χ1v) is 10.3. The van der Waals surface area contributed by atoms with Crippen molar-refractivity contribution in [2.75, 3.05) is 52.2 Å². The van der Waals surface area contributed by atoms with Gasteiger partial charge in [0.05, 0.1) is 12.2 Å². The maximum Gasteiger partial charge on any atom is 0.228 e. The fraction of sp³-hybridized carbons (Fsp3) is 0.867. The van der Waals surface area contributed by atoms with Crippen molar-refractivity contribution in [1.29, 1.82) is 0 Å². The largest absolute Gasteiger partial charge is 0.381 e. The number of carbonyl (C=O) groups excluding carboxylic acids is 2. The van der Waals surface area contributed by atoms with Gasteiger partial charge in [0.25, 0.3) is 0 Å². The van der Waals surface area contributed by atoms with E-state index in [4.69, 9.17) is 4.74 Å². The van der Waals surface area contributed by atoms with Crippen molar-refractivity contribution in [3.63, 3.8) is 0 Å². The summed E-state index contributed by atoms with van der Waals surface area (Å²) < 4.78 is 29.8. The second-order valence-electron chi connectivity index (χ2n) is 6.78. The van der Waals surface area contributed by atoms with Gasteiger partial charge in [0.1, 0.15) is 0 Å². The Morgan fingerprint density at radius 3 is 2.33 bits per heavy atom. The minimum absolute atomic E-state index is 0.0222. The van der Waals surface area contributed by atoms with Gasteiger partial charge in [-0.3, -0.25) is 9.59 Å². The molecular formula is C15H25N3O5S. The number of amides is 2. The molecular weight excluding hydrogens is 334 g/mol. The first kappa shape index (κ1) is 17.6. The van der Waals surface area contributed by atoms with Crippen LogP contribution >= 0.6 is 0 Å². The van der Waals surface area contributed by atoms with Gasteiger partial charge in [0.2, 0.25) is 21.8 Å². The van der Waals surface area contributed by atoms with Gasteiger partial charge in [-0.05, 0) is 12.8 Å². The van der Waals surface area contributed by atoms with E-state index < -0.39 is 10.0 Å². The zero-order chi connectivity index (χ0) is 17.3. The first-order valence-electron chi connectivity index (χ1n) is 8.47. The molecule has 8 nitrogen and oxygen atoms in total. The highest BCUT2D eigenvalue weighted by atomic mass is 32.2. The van der Waals surface area contributed by atoms with Gasteiger partial charge < -0.3 is 14.5 Å². The molecule has 0 aromatic carbocycles. The molecule has 3 aliphatic heterocycles. The van der Waals surface area contributed by atoms with Crippen molar-refractivity contribution in [3.05, 3.63) is 0 Å². The van der Waals surface area contributed by atoms with E-state index in [1.165, 1.54) is 10.6 Å². The molecule has 1 atom stereocenters. The van der Waals surface area contributed by atoms with E-state index in [1.807, 2.05) is 4.90 Å². The second kappa shape index (κ2) is 6.97. The topological polar surface area (TPSA) is 87.2 Å². The summed E-state index contributed by atoms with van der Waals surface area (Å²) in [4.78, 5) is 28.5. The van der Waals surface area contributed by atoms with Crippen LogP contribution in [0.25, 0.3) is 0 Å². The van der Waals surface area contributed by atoms with Crippen molar-refractivity contribution in [2.24, 2.45) is 5.92 Å². The van der Waals surface area contributed by atoms with E-state index in [9.17, 15) is 18.0 Å². The third-order valence-corrected chi connectivity index (χ3v) is 6.46. The monoisotopic (exact) mass is 359 g/mol. The summed E-state index contributed by atoms with van der Waals surface area (Å²) in [5, 5.41) is 0. The predicted octanol–water partition coefficient (Wildman–Crippen LogP) is -0.882. The maximum absolute atomic E-state index is 12.7. The van der Waals surface area contributed by atoms with Crippen molar-refractivity contribution in [3.8, 4) is 0 Å². The van der Waals surface area contributed by atoms with Crippen molar-refractivity contribution in [2.45, 2.75) is 25.3 Å². The van der Waals surface area contributed by atoms with Crippen molar-refractivity contribution in [1.82, 2.24) is 14.1 Å². The molecule has 0 radical (unpaired) electrons. The van der Waals surface area contributed by atoms with Crippen LogP contribution in [0.3, 0.4) is 0 Å². The third-order valence-electron chi connectivity index (χ3n) is 5.16. The van der Waals surface area contributed by atoms with Crippen LogP contribution in [0.5, 0.6) is 0 Å². The van der Waals surface area contributed by atoms with Gasteiger partial charge in [-0.2, -0.15) is 4.31 Å². The standard InChI is InChI=1S/C15H25N3O5S/c1-24(21,22)17-6-4-16(5-7-17)15(20)12-10-14(19)18(11-12)13-2-8-23-9-3-13/h12-13H,2-11H2,1H3. The lowest BCUT2D eigenvalue weighted by molar-refractivity contribution is -0.137. The molecule has 0 aliphatic carbocycles. The minimum Gasteiger partial charge on any atom is -0.381 e. The summed E-state index contributed by atoms with van der Waals surface area (Å²) in [7, 11) is -3.20. The molecule has 9 heteroatoms. The van der Waals surface area contributed by atoms with Gasteiger partial charge in [-0.1, -0.05) is 0 Å². The molecule has 3 fully saturated rings. The van der Waals surface area contributed by atoms with Crippen LogP contribution in [0.15, 0.2) is 0 Å². The average molecular weight is 359 g/mol. The van der Waals surface area contributed by atoms with E-state index in [2.05, 4.69) is 0 Å². The summed E-state index contributed by atoms with van der Waals surface area (Å²) in [6.45, 7) is 3.27. The highest BCUT2D eigenvalue weighted by Gasteiger charge is 2.40. The Balaban J connectivity index is 1.55. The van der Waals surface area contributed by atoms with Crippen LogP contribution in [0.2, 0.25) is 0 Å². The number of likely N-dealkylation sites (tertiary alicyclic amines) is 1. The van der Waals surface area contributed by atoms with E-state index in [0.717, 1.165) is 12.8 Å². The molecule has 0 bridgehead atoms. The van der Waals surface area contributed by atoms with Gasteiger partial charge in [-0.15, -0.1) is 0 Å². The maximum atomic E-state index is 12.7. The van der Waals surface area contributed by atoms with Crippen LogP contribution in [0.1, 0.15) is 19.3 Å². The van der Waals surface area contributed by atoms with Crippen molar-refractivity contribution >= 4 is 21.8 Å². The summed E-state index contributed by atoms with van der Waals surface area (Å²) in [5.41, 5.74) is 0. The van der Waals surface area contributed by atoms with E-state index >= 15 is 0 Å². The zero-order valence-electron chi connectivity index (χ0n) is 14.0. The predicted molar refractivity (Wildman–Crippen MR) is 86.7 cm³/mol. The van der Waals surface area contributed by atoms with Gasteiger partial charge in [0.15, 0.2) is 0 Å². The van der Waals surface area contributed by atoms with Gasteiger partial charge >= 0.3 is 0 Å². The van der Waals surface area contributed by atoms with E-state index in [-0.39, 0.29) is 30.2 Å². The molecule has 24 heavy (non-hydrogen) atoms. The Bertz CT molecular complexity index is 594. The summed E-state index contributed by atoms with van der Waals surface area (Å²) >= 11 is 0. The Labute approximate surface area is 142 Å². The van der Waals surface area contributed by atoms with Gasteiger partial charge in [0, 0.05) is 58.4 Å². The average Bonchev–Trinajstić information content (AvgIpc) is 2.96. The number of carbonyl (C=O) groups is 2. The van der Waals surface area contributed by atoms with Crippen LogP contribution in [-0.2, 0) is 24.3 Å². The number of sulfonamides is 1. The molecule has 1 unspecified atom stereocenters. The van der Waals surface area contributed by atoms with Crippen LogP contribution < -0.4 is 0 Å². The van der Waals surface area contributed by atoms with Crippen molar-refractivity contribution < 1.29 is 22.7 Å². The molecule has 2 amide bonds. The first-order chi connectivity index (χ1) is 11.4. The Kier molecular flexibility index (Phi) is 5.12. The normalized spacial score (nSPS) is 27.7. The number of ether oxygens (including phenoxy) is 1. The lowest BCUT2D eigenvalue weighted by Crippen LogP contribution is -2.52. The zero-order valence-corrected chi connectivity index (χ0v) is 14.8. The number of piperazine rings is 1. The second-order valence-corrected chi connectivity index (χ2v) is 8.76. The quantitative estimate of drug-likeness (QED) is 0.653. The Hall–Kier alpha value is -1.19.